The van der Waals surface area contributed by atoms with Crippen molar-refractivity contribution in [3.05, 3.63) is 91.0 Å². The minimum atomic E-state index is -1.80. The third-order valence-corrected chi connectivity index (χ3v) is 11.3. The van der Waals surface area contributed by atoms with E-state index in [0.717, 1.165) is 9.81 Å². The van der Waals surface area contributed by atoms with Crippen molar-refractivity contribution < 1.29 is 24.0 Å². The zero-order chi connectivity index (χ0) is 18.4. The highest BCUT2D eigenvalue weighted by Crippen LogP contribution is 2.57. The highest BCUT2D eigenvalue weighted by Gasteiger charge is 2.45. The molecule has 3 aromatic rings. The largest absolute Gasteiger partial charge is 1.00 e. The normalized spacial score (nSPS) is 10.7. The van der Waals surface area contributed by atoms with Gasteiger partial charge in [-0.15, -0.1) is 0 Å². The Labute approximate surface area is 189 Å². The smallest absolute Gasteiger partial charge is 0.139 e. The van der Waals surface area contributed by atoms with Crippen molar-refractivity contribution in [2.75, 3.05) is 19.6 Å². The second-order valence-electron chi connectivity index (χ2n) is 6.25. The summed E-state index contributed by atoms with van der Waals surface area (Å²) in [6, 6.07) is 32.8. The summed E-state index contributed by atoms with van der Waals surface area (Å²) in [5, 5.41) is 4.18. The van der Waals surface area contributed by atoms with E-state index in [0.29, 0.717) is 0 Å². The van der Waals surface area contributed by atoms with Gasteiger partial charge in [-0.05, 0) is 36.4 Å². The van der Waals surface area contributed by atoms with Crippen molar-refractivity contribution in [3.63, 3.8) is 0 Å². The minimum absolute atomic E-state index is 0. The molecule has 0 radical (unpaired) electrons. The van der Waals surface area contributed by atoms with Gasteiger partial charge in [-0.1, -0.05) is 78.6 Å². The highest BCUT2D eigenvalue weighted by atomic mass is 127. The molecule has 0 unspecified atom stereocenters. The van der Waals surface area contributed by atoms with Gasteiger partial charge in [-0.2, -0.15) is 0 Å². The van der Waals surface area contributed by atoms with Crippen LogP contribution in [0.5, 0.6) is 0 Å². The number of rotatable bonds is 5. The molecule has 0 N–H and O–H groups in total. The Hall–Kier alpha value is -0.940. The summed E-state index contributed by atoms with van der Waals surface area (Å²) in [6.07, 6.45) is 0. The lowest BCUT2D eigenvalue weighted by Crippen LogP contribution is -3.00. The van der Waals surface area contributed by atoms with Crippen LogP contribution in [-0.2, 0) is 0 Å². The molecule has 3 rings (SSSR count). The van der Waals surface area contributed by atoms with Gasteiger partial charge in [0.15, 0.2) is 0 Å². The Morgan fingerprint density at radius 1 is 0.741 bits per heavy atom. The molecule has 0 aliphatic carbocycles. The van der Waals surface area contributed by atoms with E-state index < -0.39 is 7.26 Å². The Kier molecular flexibility index (Phi) is 8.74. The van der Waals surface area contributed by atoms with Crippen LogP contribution in [0.4, 0.5) is 0 Å². The molecule has 5 heteroatoms. The average Bonchev–Trinajstić information content (AvgIpc) is 2.70. The summed E-state index contributed by atoms with van der Waals surface area (Å²) in [6.45, 7) is 0. The number of nitrogens with zero attached hydrogens (tertiary/aromatic N) is 1. The predicted octanol–water partition coefficient (Wildman–Crippen LogP) is 1.52. The highest BCUT2D eigenvalue weighted by molar-refractivity contribution is 8.28. The van der Waals surface area contributed by atoms with Gasteiger partial charge in [0.1, 0.15) is 33.0 Å². The number of thioether (sulfide) groups is 1. The monoisotopic (exact) mass is 523 g/mol. The quantitative estimate of drug-likeness (QED) is 0.284. The molecule has 0 bridgehead atoms. The second-order valence-corrected chi connectivity index (χ2v) is 11.8. The molecule has 0 spiro atoms. The lowest BCUT2D eigenvalue weighted by atomic mass is 10.4. The van der Waals surface area contributed by atoms with E-state index in [1.165, 1.54) is 15.9 Å². The fourth-order valence-corrected chi connectivity index (χ4v) is 9.67. The van der Waals surface area contributed by atoms with Gasteiger partial charge in [-0.25, -0.2) is 0 Å². The summed E-state index contributed by atoms with van der Waals surface area (Å²) < 4.78 is 0.928. The molecule has 0 saturated carbocycles. The summed E-state index contributed by atoms with van der Waals surface area (Å²) in [7, 11) is 2.24. The molecule has 0 aromatic heterocycles. The summed E-state index contributed by atoms with van der Waals surface area (Å²) in [5.74, 6) is 0. The molecular weight excluding hydrogens is 500 g/mol. The summed E-state index contributed by atoms with van der Waals surface area (Å²) in [4.78, 5) is 2.02. The van der Waals surface area contributed by atoms with Gasteiger partial charge < -0.3 is 28.9 Å². The van der Waals surface area contributed by atoms with Crippen LogP contribution in [0.1, 0.15) is 0 Å². The molecule has 0 amide bonds. The van der Waals surface area contributed by atoms with E-state index in [-0.39, 0.29) is 24.0 Å². The third kappa shape index (κ3) is 5.11. The molecule has 140 valence electrons. The zero-order valence-electron chi connectivity index (χ0n) is 15.5. The molecule has 0 heterocycles. The second kappa shape index (κ2) is 10.6. The van der Waals surface area contributed by atoms with Gasteiger partial charge >= 0.3 is 0 Å². The van der Waals surface area contributed by atoms with Crippen LogP contribution >= 0.6 is 31.2 Å². The van der Waals surface area contributed by atoms with Crippen LogP contribution in [0.25, 0.3) is 0 Å². The van der Waals surface area contributed by atoms with Crippen LogP contribution in [0.2, 0.25) is 0 Å². The van der Waals surface area contributed by atoms with Crippen LogP contribution in [0.15, 0.2) is 91.0 Å². The van der Waals surface area contributed by atoms with Gasteiger partial charge in [0.25, 0.3) is 0 Å². The number of halogens is 1. The summed E-state index contributed by atoms with van der Waals surface area (Å²) in [5.41, 5.74) is 0.960. The molecule has 0 saturated heterocycles. The van der Waals surface area contributed by atoms with Crippen LogP contribution in [0, 0.1) is 0 Å². The van der Waals surface area contributed by atoms with E-state index in [1.807, 2.05) is 19.0 Å². The summed E-state index contributed by atoms with van der Waals surface area (Å²) >= 11 is 7.39. The Morgan fingerprint density at radius 2 is 1.07 bits per heavy atom. The van der Waals surface area contributed by atoms with Gasteiger partial charge in [0, 0.05) is 14.1 Å². The van der Waals surface area contributed by atoms with Crippen LogP contribution in [-0.4, -0.2) is 28.8 Å². The van der Waals surface area contributed by atoms with Crippen molar-refractivity contribution in [1.82, 2.24) is 4.90 Å². The molecule has 1 nitrogen and oxygen atoms in total. The molecular formula is C22H23INPS2. The maximum Gasteiger partial charge on any atom is 0.139 e. The topological polar surface area (TPSA) is 3.24 Å². The fourth-order valence-electron chi connectivity index (χ4n) is 3.00. The maximum absolute atomic E-state index is 5.60. The molecule has 0 atom stereocenters. The molecule has 0 aliphatic rings. The van der Waals surface area contributed by atoms with E-state index in [4.69, 9.17) is 12.2 Å². The first-order valence-electron chi connectivity index (χ1n) is 8.53. The fraction of sp³-hybridized carbons (Fsp3) is 0.136. The SMILES string of the molecule is CN(C)C(=S)SC[P+](c1ccccc1)(c1ccccc1)c1ccccc1.[I-]. The van der Waals surface area contributed by atoms with Gasteiger partial charge in [0.2, 0.25) is 0 Å². The maximum atomic E-state index is 5.60. The molecule has 3 aromatic carbocycles. The van der Waals surface area contributed by atoms with Gasteiger partial charge in [-0.3, -0.25) is 0 Å². The van der Waals surface area contributed by atoms with E-state index >= 15 is 0 Å². The van der Waals surface area contributed by atoms with E-state index in [2.05, 4.69) is 91.0 Å². The minimum Gasteiger partial charge on any atom is -1.00 e. The lowest BCUT2D eigenvalue weighted by Gasteiger charge is -2.28. The Balaban J connectivity index is 0.00000261. The first-order chi connectivity index (χ1) is 12.6. The first kappa shape index (κ1) is 22.4. The van der Waals surface area contributed by atoms with Crippen molar-refractivity contribution in [3.8, 4) is 0 Å². The number of benzene rings is 3. The van der Waals surface area contributed by atoms with E-state index in [9.17, 15) is 0 Å². The number of hydrogen-bond acceptors (Lipinski definition) is 2. The lowest BCUT2D eigenvalue weighted by molar-refractivity contribution is -0.00000496. The Morgan fingerprint density at radius 3 is 1.37 bits per heavy atom. The van der Waals surface area contributed by atoms with Crippen molar-refractivity contribution in [2.45, 2.75) is 0 Å². The molecule has 0 aliphatic heterocycles. The molecule has 27 heavy (non-hydrogen) atoms. The zero-order valence-corrected chi connectivity index (χ0v) is 20.1. The third-order valence-electron chi connectivity index (χ3n) is 4.34. The standard InChI is InChI=1S/C22H23NPS2.HI/c1-23(2)22(25)26-18-24(19-12-6-3-7-13-19,20-14-8-4-9-15-20)21-16-10-5-11-17-21;/h3-17H,18H2,1-2H3;1H/q+1;/p-1. The van der Waals surface area contributed by atoms with Crippen molar-refractivity contribution in [2.24, 2.45) is 0 Å². The number of thiocarbonyl (C=S) groups is 1. The number of hydrogen-bond donors (Lipinski definition) is 0. The molecule has 0 fully saturated rings. The predicted molar refractivity (Wildman–Crippen MR) is 124 cm³/mol. The Bertz CT molecular complexity index is 745. The van der Waals surface area contributed by atoms with Crippen LogP contribution in [0.3, 0.4) is 0 Å². The van der Waals surface area contributed by atoms with E-state index in [1.54, 1.807) is 11.8 Å². The average molecular weight is 523 g/mol. The van der Waals surface area contributed by atoms with Crippen molar-refractivity contribution >= 4 is 51.5 Å². The first-order valence-corrected chi connectivity index (χ1v) is 11.9. The van der Waals surface area contributed by atoms with Crippen LogP contribution < -0.4 is 39.9 Å². The van der Waals surface area contributed by atoms with Gasteiger partial charge in [0.05, 0.1) is 0 Å². The van der Waals surface area contributed by atoms with Crippen molar-refractivity contribution in [1.29, 1.82) is 0 Å².